The number of amides is 3. The highest BCUT2D eigenvalue weighted by Crippen LogP contribution is 2.44. The third-order valence-electron chi connectivity index (χ3n) is 14.6. The number of thiazole rings is 1. The fraction of sp³-hybridized carbons (Fsp3) is 0.620. The van der Waals surface area contributed by atoms with Crippen molar-refractivity contribution in [2.45, 2.75) is 122 Å². The van der Waals surface area contributed by atoms with Crippen LogP contribution in [0.15, 0.2) is 35.8 Å². The second-order valence-corrected chi connectivity index (χ2v) is 20.5. The number of hydrazine groups is 1. The van der Waals surface area contributed by atoms with Crippen molar-refractivity contribution >= 4 is 135 Å². The lowest BCUT2D eigenvalue weighted by Crippen LogP contribution is -2.64. The maximum Gasteiger partial charge on any atom is 0.324 e. The number of esters is 1. The molecule has 0 spiro atoms. The first-order valence-electron chi connectivity index (χ1n) is 24.3. The van der Waals surface area contributed by atoms with Crippen LogP contribution in [0, 0.1) is 5.41 Å². The molecule has 74 heavy (non-hydrogen) atoms. The summed E-state index contributed by atoms with van der Waals surface area (Å²) in [6, 6.07) is 6.88. The second-order valence-electron chi connectivity index (χ2n) is 19.6. The Balaban J connectivity index is 0.00000268. The first kappa shape index (κ1) is 68.1. The van der Waals surface area contributed by atoms with Gasteiger partial charge in [0.1, 0.15) is 23.2 Å². The largest absolute Gasteiger partial charge is 0.464 e. The van der Waals surface area contributed by atoms with Gasteiger partial charge in [0.2, 0.25) is 0 Å². The quantitative estimate of drug-likeness (QED) is 0.152. The van der Waals surface area contributed by atoms with Gasteiger partial charge in [-0.25, -0.2) is 15.2 Å². The number of benzene rings is 1. The molecule has 0 aliphatic carbocycles. The van der Waals surface area contributed by atoms with E-state index >= 15 is 0 Å². The minimum Gasteiger partial charge on any atom is -0.464 e. The number of hydrogen-bond acceptors (Lipinski definition) is 13. The predicted molar refractivity (Wildman–Crippen MR) is 328 cm³/mol. The zero-order chi connectivity index (χ0) is 47.0. The van der Waals surface area contributed by atoms with Crippen LogP contribution in [0.4, 0.5) is 4.79 Å². The van der Waals surface area contributed by atoms with E-state index < -0.39 is 35.5 Å². The van der Waals surface area contributed by atoms with Crippen LogP contribution >= 0.6 is 106 Å². The second kappa shape index (κ2) is 29.8. The molecule has 4 saturated heterocycles. The highest BCUT2D eigenvalue weighted by Gasteiger charge is 2.43. The monoisotopic (exact) mass is 1180 g/mol. The molecule has 0 radical (unpaired) electrons. The predicted octanol–water partition coefficient (Wildman–Crippen LogP) is 7.42. The van der Waals surface area contributed by atoms with Crippen molar-refractivity contribution in [2.75, 3.05) is 73.4 Å². The first-order chi connectivity index (χ1) is 32.4. The SMILES string of the molecule is CCO[C@@H]1c2nc(cs2)-c2ccc3c(c2)c(c(-c2cc([C@H]4CCN5CCOC[C@@H]5C4)cnc2[C@H](C)OC)n3CC)CC(C)(C)COC(=O)[C@@H]2CCCN(N2)C(=O)[C@H]1NC(=O)N1CC[C@H]1COC.S.S.S.S.S.S.S. The molecule has 1 aromatic carbocycles. The Hall–Kier alpha value is -2.04. The molecule has 16 nitrogen and oxygen atoms in total. The van der Waals surface area contributed by atoms with Gasteiger partial charge in [0.25, 0.3) is 5.91 Å². The Morgan fingerprint density at radius 1 is 1.00 bits per heavy atom. The molecule has 9 rings (SSSR count). The maximum absolute atomic E-state index is 14.7. The highest BCUT2D eigenvalue weighted by molar-refractivity contribution is 7.60. The Morgan fingerprint density at radius 3 is 2.46 bits per heavy atom. The summed E-state index contributed by atoms with van der Waals surface area (Å²) in [6.07, 6.45) is 5.41. The molecule has 3 amide bonds. The Kier molecular flexibility index (Phi) is 27.4. The van der Waals surface area contributed by atoms with E-state index in [2.05, 4.69) is 78.4 Å². The third kappa shape index (κ3) is 14.2. The number of rotatable bonds is 10. The molecule has 418 valence electrons. The van der Waals surface area contributed by atoms with Crippen LogP contribution in [0.3, 0.4) is 0 Å². The van der Waals surface area contributed by atoms with Crippen LogP contribution in [-0.2, 0) is 46.2 Å². The van der Waals surface area contributed by atoms with Gasteiger partial charge in [-0.15, -0.1) is 11.3 Å². The summed E-state index contributed by atoms with van der Waals surface area (Å²) in [7, 11) is 3.35. The van der Waals surface area contributed by atoms with Crippen LogP contribution < -0.4 is 10.7 Å². The Bertz CT molecular complexity index is 2470. The zero-order valence-electron chi connectivity index (χ0n) is 43.7. The van der Waals surface area contributed by atoms with Gasteiger partial charge in [-0.3, -0.25) is 24.5 Å². The topological polar surface area (TPSA) is 162 Å². The van der Waals surface area contributed by atoms with E-state index in [1.807, 2.05) is 12.3 Å². The lowest BCUT2D eigenvalue weighted by atomic mass is 9.82. The number of morpholine rings is 1. The number of aromatic nitrogens is 3. The van der Waals surface area contributed by atoms with E-state index in [0.29, 0.717) is 62.5 Å². The number of carbonyl (C=O) groups excluding carboxylic acids is 3. The maximum atomic E-state index is 14.7. The lowest BCUT2D eigenvalue weighted by molar-refractivity contribution is -0.156. The van der Waals surface area contributed by atoms with Crippen molar-refractivity contribution in [3.63, 3.8) is 0 Å². The molecule has 4 aromatic rings. The van der Waals surface area contributed by atoms with Gasteiger partial charge < -0.3 is 38.5 Å². The third-order valence-corrected chi connectivity index (χ3v) is 15.5. The van der Waals surface area contributed by atoms with E-state index in [-0.39, 0.29) is 126 Å². The summed E-state index contributed by atoms with van der Waals surface area (Å²) >= 11 is 1.40. The molecule has 0 unspecified atom stereocenters. The molecule has 2 N–H and O–H groups in total. The fourth-order valence-electron chi connectivity index (χ4n) is 10.8. The molecular weight excluding hydrogens is 1100 g/mol. The van der Waals surface area contributed by atoms with E-state index in [1.165, 1.54) is 21.9 Å². The number of aryl methyl sites for hydroxylation is 1. The number of fused-ring (bicyclic) bond motifs is 7. The van der Waals surface area contributed by atoms with Gasteiger partial charge in [-0.05, 0) is 101 Å². The van der Waals surface area contributed by atoms with Gasteiger partial charge in [-0.1, -0.05) is 19.9 Å². The van der Waals surface area contributed by atoms with Gasteiger partial charge in [0.15, 0.2) is 0 Å². The van der Waals surface area contributed by atoms with Crippen molar-refractivity contribution < 1.29 is 38.1 Å². The smallest absolute Gasteiger partial charge is 0.324 e. The van der Waals surface area contributed by atoms with Crippen LogP contribution in [-0.4, -0.2) is 145 Å². The fourth-order valence-corrected chi connectivity index (χ4v) is 11.7. The highest BCUT2D eigenvalue weighted by atomic mass is 32.1. The summed E-state index contributed by atoms with van der Waals surface area (Å²) in [6.45, 7) is 16.4. The molecule has 7 atom stereocenters. The average molecular weight is 1180 g/mol. The van der Waals surface area contributed by atoms with Gasteiger partial charge in [0.05, 0.1) is 55.7 Å². The van der Waals surface area contributed by atoms with E-state index in [4.69, 9.17) is 33.7 Å². The average Bonchev–Trinajstić information content (AvgIpc) is 3.94. The van der Waals surface area contributed by atoms with Gasteiger partial charge in [-0.2, -0.15) is 94.5 Å². The normalized spacial score (nSPS) is 23.9. The Labute approximate surface area is 490 Å². The van der Waals surface area contributed by atoms with Crippen molar-refractivity contribution in [2.24, 2.45) is 5.41 Å². The molecule has 6 bridgehead atoms. The van der Waals surface area contributed by atoms with Crippen molar-refractivity contribution in [3.05, 3.63) is 57.7 Å². The Morgan fingerprint density at radius 2 is 1.77 bits per heavy atom. The van der Waals surface area contributed by atoms with Crippen molar-refractivity contribution in [3.8, 4) is 22.5 Å². The number of nitrogens with zero attached hydrogens (tertiary/aromatic N) is 6. The van der Waals surface area contributed by atoms with Crippen LogP contribution in [0.5, 0.6) is 0 Å². The number of urea groups is 1. The molecule has 4 fully saturated rings. The van der Waals surface area contributed by atoms with Crippen molar-refractivity contribution in [1.82, 2.24) is 40.1 Å². The van der Waals surface area contributed by atoms with Crippen molar-refractivity contribution in [1.29, 1.82) is 0 Å². The van der Waals surface area contributed by atoms with Crippen LogP contribution in [0.2, 0.25) is 0 Å². The number of pyridine rings is 1. The number of hydrogen-bond donors (Lipinski definition) is 2. The number of carbonyl (C=O) groups is 3. The first-order valence-corrected chi connectivity index (χ1v) is 25.2. The molecule has 5 aliphatic rings. The van der Waals surface area contributed by atoms with Gasteiger partial charge >= 0.3 is 12.0 Å². The minimum atomic E-state index is -1.15. The van der Waals surface area contributed by atoms with Crippen LogP contribution in [0.25, 0.3) is 33.4 Å². The van der Waals surface area contributed by atoms with Gasteiger partial charge in [0, 0.05) is 92.1 Å². The molecule has 0 saturated carbocycles. The molecule has 8 heterocycles. The number of methoxy groups -OCH3 is 2. The molecular formula is C50H82N8O8S8. The van der Waals surface area contributed by atoms with E-state index in [0.717, 1.165) is 90.2 Å². The van der Waals surface area contributed by atoms with Crippen LogP contribution in [0.1, 0.15) is 107 Å². The van der Waals surface area contributed by atoms with E-state index in [1.54, 1.807) is 19.1 Å². The zero-order valence-corrected chi connectivity index (χ0v) is 51.5. The summed E-state index contributed by atoms with van der Waals surface area (Å²) in [5.74, 6) is -0.504. The summed E-state index contributed by atoms with van der Waals surface area (Å²) in [4.78, 5) is 57.4. The summed E-state index contributed by atoms with van der Waals surface area (Å²) < 4.78 is 32.4. The summed E-state index contributed by atoms with van der Waals surface area (Å²) in [5.41, 5.74) is 10.8. The van der Waals surface area contributed by atoms with E-state index in [9.17, 15) is 14.4 Å². The molecule has 5 aliphatic heterocycles. The minimum absolute atomic E-state index is 0. The number of piperidine rings is 1. The number of ether oxygens (including phenoxy) is 5. The number of likely N-dealkylation sites (tertiary alicyclic amines) is 1. The molecule has 3 aromatic heterocycles. The number of nitrogens with one attached hydrogen (secondary N) is 2. The summed E-state index contributed by atoms with van der Waals surface area (Å²) in [5, 5.41) is 8.13. The standard InChI is InChI=1S/C50H68N8O8S.7H2S/c1-8-56-41-13-12-32-22-36(41)38(44(56)37-23-33(25-51-42(37)30(3)63-7)31-14-17-55-19-20-64-27-35(55)21-31)24-50(4,5)29-66-48(60)39-11-10-16-58(54-39)47(59)43(45(65-9-2)46-52-40(32)28-67-46)53-49(61)57-18-15-34(57)26-62-6;;;;;;;/h12-13,22-23,25,28,30-31,34-35,39,43,45,54H,8-11,14-21,24,26-27,29H2,1-7H3,(H,53,61);7*1H2/t30-,31-,34-,35-,39-,43-,45-;;;;;;;/m0......./s1. The molecule has 24 heteroatoms. The lowest BCUT2D eigenvalue weighted by Gasteiger charge is -2.42. The number of cyclic esters (lactones) is 1.